The Labute approximate surface area is 155 Å². The molecule has 3 atom stereocenters. The van der Waals surface area contributed by atoms with E-state index in [1.54, 1.807) is 7.11 Å². The Hall–Kier alpha value is -1.03. The van der Waals surface area contributed by atoms with Gasteiger partial charge in [0.15, 0.2) is 0 Å². The number of nitrogens with zero attached hydrogens (tertiary/aromatic N) is 1. The molecule has 1 aliphatic heterocycles. The van der Waals surface area contributed by atoms with Crippen LogP contribution in [0.4, 0.5) is 0 Å². The number of halogens is 1. The summed E-state index contributed by atoms with van der Waals surface area (Å²) in [5.41, 5.74) is 0.800. The van der Waals surface area contributed by atoms with E-state index in [0.29, 0.717) is 0 Å². The normalized spacial score (nSPS) is 30.8. The number of likely N-dealkylation sites (tertiary alicyclic amines) is 1. The number of allylic oxidation sites excluding steroid dienone is 2. The lowest BCUT2D eigenvalue weighted by Gasteiger charge is -2.42. The molecule has 1 saturated carbocycles. The number of fused-ring (bicyclic) bond motifs is 2. The Morgan fingerprint density at radius 2 is 1.96 bits per heavy atom. The van der Waals surface area contributed by atoms with E-state index in [9.17, 15) is 0 Å². The summed E-state index contributed by atoms with van der Waals surface area (Å²) in [6.07, 6.45) is 9.63. The highest BCUT2D eigenvalue weighted by Crippen LogP contribution is 2.45. The van der Waals surface area contributed by atoms with Crippen molar-refractivity contribution < 1.29 is 9.47 Å². The molecule has 0 unspecified atom stereocenters. The quantitative estimate of drug-likeness (QED) is 0.721. The van der Waals surface area contributed by atoms with Gasteiger partial charge < -0.3 is 14.4 Å². The first kappa shape index (κ1) is 17.4. The second-order valence-corrected chi connectivity index (χ2v) is 8.32. The van der Waals surface area contributed by atoms with Crippen molar-refractivity contribution in [1.82, 2.24) is 4.90 Å². The fourth-order valence-corrected chi connectivity index (χ4v) is 5.32. The van der Waals surface area contributed by atoms with Crippen molar-refractivity contribution in [2.45, 2.75) is 31.3 Å². The second kappa shape index (κ2) is 6.94. The molecule has 3 aliphatic rings. The number of hydrogen-bond donors (Lipinski definition) is 0. The van der Waals surface area contributed by atoms with Gasteiger partial charge in [0.25, 0.3) is 0 Å². The van der Waals surface area contributed by atoms with E-state index >= 15 is 0 Å². The summed E-state index contributed by atoms with van der Waals surface area (Å²) in [7, 11) is 3.53. The van der Waals surface area contributed by atoms with Crippen LogP contribution in [0.15, 0.2) is 30.4 Å². The van der Waals surface area contributed by atoms with Crippen molar-refractivity contribution in [2.24, 2.45) is 17.8 Å². The van der Waals surface area contributed by atoms with Crippen LogP contribution in [0.3, 0.4) is 0 Å². The zero-order valence-electron chi connectivity index (χ0n) is 15.2. The third kappa shape index (κ3) is 3.22. The summed E-state index contributed by atoms with van der Waals surface area (Å²) >= 11 is 6.26. The Balaban J connectivity index is 1.45. The predicted octanol–water partition coefficient (Wildman–Crippen LogP) is 4.50. The molecule has 0 spiro atoms. The molecule has 0 radical (unpaired) electrons. The van der Waals surface area contributed by atoms with Gasteiger partial charge in [-0.05, 0) is 61.6 Å². The van der Waals surface area contributed by atoms with Crippen molar-refractivity contribution in [3.63, 3.8) is 0 Å². The topological polar surface area (TPSA) is 21.7 Å². The number of benzene rings is 1. The SMILES string of the molecule is COc1ccc(Cl)cc1C1(OC)CCN(C[C@H]2C[C@@H]3C=C[C@H]2C3)CC1. The number of ether oxygens (including phenoxy) is 2. The van der Waals surface area contributed by atoms with Gasteiger partial charge in [0.2, 0.25) is 0 Å². The Morgan fingerprint density at radius 1 is 1.16 bits per heavy atom. The van der Waals surface area contributed by atoms with Gasteiger partial charge in [0.1, 0.15) is 5.75 Å². The van der Waals surface area contributed by atoms with E-state index in [2.05, 4.69) is 17.1 Å². The highest BCUT2D eigenvalue weighted by molar-refractivity contribution is 6.30. The fourth-order valence-electron chi connectivity index (χ4n) is 5.15. The molecule has 0 amide bonds. The Morgan fingerprint density at radius 3 is 2.56 bits per heavy atom. The first-order chi connectivity index (χ1) is 12.1. The van der Waals surface area contributed by atoms with Gasteiger partial charge >= 0.3 is 0 Å². The van der Waals surface area contributed by atoms with Gasteiger partial charge in [-0.3, -0.25) is 0 Å². The standard InChI is InChI=1S/C21H28ClNO2/c1-24-20-6-5-18(22)13-19(20)21(25-2)7-9-23(10-8-21)14-17-12-15-3-4-16(17)11-15/h3-6,13,15-17H,7-12,14H2,1-2H3/t15-,16+,17-/m1/s1. The van der Waals surface area contributed by atoms with Crippen LogP contribution in [0.2, 0.25) is 5.02 Å². The molecular formula is C21H28ClNO2. The maximum Gasteiger partial charge on any atom is 0.125 e. The molecule has 25 heavy (non-hydrogen) atoms. The third-order valence-electron chi connectivity index (χ3n) is 6.62. The molecule has 1 aromatic rings. The van der Waals surface area contributed by atoms with Crippen molar-refractivity contribution in [3.05, 3.63) is 40.9 Å². The van der Waals surface area contributed by atoms with Gasteiger partial charge in [0, 0.05) is 37.3 Å². The van der Waals surface area contributed by atoms with Crippen LogP contribution in [0.25, 0.3) is 0 Å². The minimum atomic E-state index is -0.290. The molecule has 2 bridgehead atoms. The van der Waals surface area contributed by atoms with E-state index < -0.39 is 0 Å². The molecule has 1 heterocycles. The summed E-state index contributed by atoms with van der Waals surface area (Å²) in [6.45, 7) is 3.38. The van der Waals surface area contributed by atoms with Crippen molar-refractivity contribution >= 4 is 11.6 Å². The molecule has 4 heteroatoms. The highest BCUT2D eigenvalue weighted by atomic mass is 35.5. The lowest BCUT2D eigenvalue weighted by Crippen LogP contribution is -2.45. The van der Waals surface area contributed by atoms with E-state index in [1.807, 2.05) is 25.3 Å². The summed E-state index contributed by atoms with van der Waals surface area (Å²) in [5, 5.41) is 0.739. The first-order valence-corrected chi connectivity index (χ1v) is 9.81. The molecule has 0 N–H and O–H groups in total. The van der Waals surface area contributed by atoms with Crippen molar-refractivity contribution in [2.75, 3.05) is 33.9 Å². The van der Waals surface area contributed by atoms with E-state index in [4.69, 9.17) is 21.1 Å². The summed E-state index contributed by atoms with van der Waals surface area (Å²) in [5.74, 6) is 3.41. The lowest BCUT2D eigenvalue weighted by atomic mass is 9.82. The molecule has 2 aliphatic carbocycles. The summed E-state index contributed by atoms with van der Waals surface area (Å²) < 4.78 is 11.6. The molecule has 1 saturated heterocycles. The maximum absolute atomic E-state index is 6.26. The van der Waals surface area contributed by atoms with Gasteiger partial charge in [-0.1, -0.05) is 23.8 Å². The van der Waals surface area contributed by atoms with Crippen LogP contribution in [-0.4, -0.2) is 38.8 Å². The van der Waals surface area contributed by atoms with Gasteiger partial charge in [0.05, 0.1) is 12.7 Å². The van der Waals surface area contributed by atoms with Crippen LogP contribution in [-0.2, 0) is 10.3 Å². The van der Waals surface area contributed by atoms with Crippen LogP contribution < -0.4 is 4.74 Å². The van der Waals surface area contributed by atoms with E-state index in [0.717, 1.165) is 60.0 Å². The number of piperidine rings is 1. The van der Waals surface area contributed by atoms with Crippen LogP contribution in [0, 0.1) is 17.8 Å². The molecule has 136 valence electrons. The van der Waals surface area contributed by atoms with Crippen LogP contribution >= 0.6 is 11.6 Å². The Kier molecular flexibility index (Phi) is 4.83. The number of rotatable bonds is 5. The molecule has 1 aromatic carbocycles. The fraction of sp³-hybridized carbons (Fsp3) is 0.619. The van der Waals surface area contributed by atoms with Gasteiger partial charge in [-0.2, -0.15) is 0 Å². The predicted molar refractivity (Wildman–Crippen MR) is 101 cm³/mol. The summed E-state index contributed by atoms with van der Waals surface area (Å²) in [4.78, 5) is 2.63. The highest BCUT2D eigenvalue weighted by Gasteiger charge is 2.41. The molecular weight excluding hydrogens is 334 g/mol. The Bertz CT molecular complexity index is 651. The maximum atomic E-state index is 6.26. The smallest absolute Gasteiger partial charge is 0.125 e. The van der Waals surface area contributed by atoms with Crippen LogP contribution in [0.5, 0.6) is 5.75 Å². The minimum Gasteiger partial charge on any atom is -0.496 e. The average Bonchev–Trinajstić information content (AvgIpc) is 3.26. The zero-order chi connectivity index (χ0) is 17.4. The van der Waals surface area contributed by atoms with Crippen molar-refractivity contribution in [1.29, 1.82) is 0 Å². The minimum absolute atomic E-state index is 0.290. The lowest BCUT2D eigenvalue weighted by molar-refractivity contribution is -0.0659. The van der Waals surface area contributed by atoms with E-state index in [-0.39, 0.29) is 5.60 Å². The zero-order valence-corrected chi connectivity index (χ0v) is 16.0. The first-order valence-electron chi connectivity index (χ1n) is 9.43. The molecule has 0 aromatic heterocycles. The monoisotopic (exact) mass is 361 g/mol. The van der Waals surface area contributed by atoms with E-state index in [1.165, 1.54) is 19.4 Å². The molecule has 3 nitrogen and oxygen atoms in total. The van der Waals surface area contributed by atoms with Gasteiger partial charge in [-0.15, -0.1) is 0 Å². The second-order valence-electron chi connectivity index (χ2n) is 7.88. The average molecular weight is 362 g/mol. The number of hydrogen-bond acceptors (Lipinski definition) is 3. The van der Waals surface area contributed by atoms with Crippen molar-refractivity contribution in [3.8, 4) is 5.75 Å². The molecule has 2 fully saturated rings. The molecule has 4 rings (SSSR count). The summed E-state index contributed by atoms with van der Waals surface area (Å²) in [6, 6.07) is 5.84. The third-order valence-corrected chi connectivity index (χ3v) is 6.85. The number of methoxy groups -OCH3 is 2. The van der Waals surface area contributed by atoms with Gasteiger partial charge in [-0.25, -0.2) is 0 Å². The largest absolute Gasteiger partial charge is 0.496 e. The van der Waals surface area contributed by atoms with Crippen LogP contribution in [0.1, 0.15) is 31.2 Å².